The molecular weight excluding hydrogens is 238 g/mol. The van der Waals surface area contributed by atoms with Gasteiger partial charge in [0.1, 0.15) is 0 Å². The summed E-state index contributed by atoms with van der Waals surface area (Å²) in [4.78, 5) is 12.8. The van der Waals surface area contributed by atoms with Gasteiger partial charge in [-0.05, 0) is 36.3 Å². The number of amides is 2. The summed E-state index contributed by atoms with van der Waals surface area (Å²) in [5, 5.41) is 1.29. The van der Waals surface area contributed by atoms with E-state index < -0.39 is 0 Å². The zero-order valence-electron chi connectivity index (χ0n) is 11.0. The van der Waals surface area contributed by atoms with Crippen molar-refractivity contribution < 1.29 is 4.79 Å². The molecule has 2 N–H and O–H groups in total. The summed E-state index contributed by atoms with van der Waals surface area (Å²) in [5.41, 5.74) is 6.60. The third-order valence-electron chi connectivity index (χ3n) is 4.06. The molecule has 0 unspecified atom stereocenters. The van der Waals surface area contributed by atoms with Crippen LogP contribution in [-0.4, -0.2) is 28.6 Å². The van der Waals surface area contributed by atoms with Crippen molar-refractivity contribution in [3.63, 3.8) is 0 Å². The first-order valence-electron chi connectivity index (χ1n) is 6.82. The molecule has 0 bridgehead atoms. The monoisotopic (exact) mass is 257 g/mol. The molecule has 1 aliphatic rings. The van der Waals surface area contributed by atoms with Gasteiger partial charge in [0.15, 0.2) is 0 Å². The van der Waals surface area contributed by atoms with Gasteiger partial charge in [-0.25, -0.2) is 4.79 Å². The molecule has 1 aliphatic heterocycles. The molecule has 2 heterocycles. The average molecular weight is 257 g/mol. The number of carbonyl (C=O) groups excluding carboxylic acids is 1. The van der Waals surface area contributed by atoms with Gasteiger partial charge in [0.25, 0.3) is 0 Å². The highest BCUT2D eigenvalue weighted by Crippen LogP contribution is 2.22. The number of piperidine rings is 1. The zero-order chi connectivity index (χ0) is 13.2. The van der Waals surface area contributed by atoms with Crippen molar-refractivity contribution in [1.29, 1.82) is 0 Å². The lowest BCUT2D eigenvalue weighted by Gasteiger charge is -2.31. The van der Waals surface area contributed by atoms with E-state index in [2.05, 4.69) is 41.1 Å². The summed E-state index contributed by atoms with van der Waals surface area (Å²) in [6, 6.07) is 10.3. The third-order valence-corrected chi connectivity index (χ3v) is 4.06. The summed E-state index contributed by atoms with van der Waals surface area (Å²) >= 11 is 0. The van der Waals surface area contributed by atoms with Crippen LogP contribution in [0.3, 0.4) is 0 Å². The molecule has 0 spiro atoms. The lowest BCUT2D eigenvalue weighted by molar-refractivity contribution is 0.174. The summed E-state index contributed by atoms with van der Waals surface area (Å²) in [5.74, 6) is 0.631. The van der Waals surface area contributed by atoms with Crippen LogP contribution in [0.15, 0.2) is 36.5 Å². The topological polar surface area (TPSA) is 51.3 Å². The number of benzene rings is 1. The van der Waals surface area contributed by atoms with Crippen molar-refractivity contribution >= 4 is 16.9 Å². The van der Waals surface area contributed by atoms with Gasteiger partial charge in [-0.1, -0.05) is 18.2 Å². The average Bonchev–Trinajstić information content (AvgIpc) is 2.83. The number of hydrogen-bond acceptors (Lipinski definition) is 1. The molecule has 4 heteroatoms. The van der Waals surface area contributed by atoms with Gasteiger partial charge in [0.05, 0.1) is 0 Å². The number of fused-ring (bicyclic) bond motifs is 1. The van der Waals surface area contributed by atoms with Crippen molar-refractivity contribution in [3.05, 3.63) is 36.5 Å². The predicted molar refractivity (Wildman–Crippen MR) is 75.8 cm³/mol. The maximum atomic E-state index is 11.1. The Hall–Kier alpha value is -1.97. The van der Waals surface area contributed by atoms with Crippen LogP contribution in [0.1, 0.15) is 12.8 Å². The molecule has 0 saturated carbocycles. The highest BCUT2D eigenvalue weighted by molar-refractivity contribution is 5.79. The van der Waals surface area contributed by atoms with Crippen LogP contribution in [0.5, 0.6) is 0 Å². The highest BCUT2D eigenvalue weighted by atomic mass is 16.2. The minimum atomic E-state index is -0.287. The molecule has 2 aromatic rings. The van der Waals surface area contributed by atoms with E-state index in [0.717, 1.165) is 32.5 Å². The minimum absolute atomic E-state index is 0.287. The van der Waals surface area contributed by atoms with Gasteiger partial charge in [-0.3, -0.25) is 0 Å². The second-order valence-corrected chi connectivity index (χ2v) is 5.30. The van der Waals surface area contributed by atoms with Crippen LogP contribution in [0, 0.1) is 5.92 Å². The molecule has 2 amide bonds. The fourth-order valence-corrected chi connectivity index (χ4v) is 2.91. The van der Waals surface area contributed by atoms with E-state index in [1.165, 1.54) is 10.9 Å². The molecule has 100 valence electrons. The zero-order valence-corrected chi connectivity index (χ0v) is 11.0. The molecule has 3 rings (SSSR count). The molecule has 0 atom stereocenters. The highest BCUT2D eigenvalue weighted by Gasteiger charge is 2.21. The Morgan fingerprint density at radius 2 is 1.95 bits per heavy atom. The van der Waals surface area contributed by atoms with Gasteiger partial charge in [0, 0.05) is 31.3 Å². The molecular formula is C15H19N3O. The van der Waals surface area contributed by atoms with E-state index in [0.29, 0.717) is 5.92 Å². The fourth-order valence-electron chi connectivity index (χ4n) is 2.91. The Kier molecular flexibility index (Phi) is 3.15. The largest absolute Gasteiger partial charge is 0.351 e. The second kappa shape index (κ2) is 4.96. The van der Waals surface area contributed by atoms with Crippen LogP contribution >= 0.6 is 0 Å². The van der Waals surface area contributed by atoms with Gasteiger partial charge in [-0.2, -0.15) is 0 Å². The number of nitrogens with zero attached hydrogens (tertiary/aromatic N) is 2. The Balaban J connectivity index is 1.68. The standard InChI is InChI=1S/C15H19N3O/c16-15(19)17-8-5-12(6-9-17)11-18-10-7-13-3-1-2-4-14(13)18/h1-4,7,10,12H,5-6,8-9,11H2,(H2,16,19). The van der Waals surface area contributed by atoms with Crippen molar-refractivity contribution in [2.75, 3.05) is 13.1 Å². The smallest absolute Gasteiger partial charge is 0.314 e. The molecule has 0 radical (unpaired) electrons. The molecule has 1 saturated heterocycles. The second-order valence-electron chi connectivity index (χ2n) is 5.30. The number of nitrogens with two attached hydrogens (primary N) is 1. The van der Waals surface area contributed by atoms with Gasteiger partial charge >= 0.3 is 6.03 Å². The number of urea groups is 1. The van der Waals surface area contributed by atoms with Crippen LogP contribution in [0.25, 0.3) is 10.9 Å². The first-order valence-corrected chi connectivity index (χ1v) is 6.82. The van der Waals surface area contributed by atoms with Crippen LogP contribution in [0.4, 0.5) is 4.79 Å². The SMILES string of the molecule is NC(=O)N1CCC(Cn2ccc3ccccc32)CC1. The Morgan fingerprint density at radius 3 is 2.68 bits per heavy atom. The lowest BCUT2D eigenvalue weighted by atomic mass is 9.97. The van der Waals surface area contributed by atoms with Crippen molar-refractivity contribution in [1.82, 2.24) is 9.47 Å². The fraction of sp³-hybridized carbons (Fsp3) is 0.400. The normalized spacial score (nSPS) is 16.9. The first kappa shape index (κ1) is 12.1. The van der Waals surface area contributed by atoms with Crippen LogP contribution in [-0.2, 0) is 6.54 Å². The van der Waals surface area contributed by atoms with Gasteiger partial charge < -0.3 is 15.2 Å². The number of aromatic nitrogens is 1. The van der Waals surface area contributed by atoms with E-state index in [9.17, 15) is 4.79 Å². The quantitative estimate of drug-likeness (QED) is 0.882. The Bertz CT molecular complexity index is 582. The van der Waals surface area contributed by atoms with Crippen LogP contribution in [0.2, 0.25) is 0 Å². The third kappa shape index (κ3) is 2.43. The summed E-state index contributed by atoms with van der Waals surface area (Å²) in [6.45, 7) is 2.61. The van der Waals surface area contributed by atoms with Crippen molar-refractivity contribution in [2.24, 2.45) is 11.7 Å². The van der Waals surface area contributed by atoms with Gasteiger partial charge in [-0.15, -0.1) is 0 Å². The summed E-state index contributed by atoms with van der Waals surface area (Å²) in [6.07, 6.45) is 4.23. The van der Waals surface area contributed by atoms with E-state index >= 15 is 0 Å². The van der Waals surface area contributed by atoms with Gasteiger partial charge in [0.2, 0.25) is 0 Å². The number of primary amides is 1. The maximum absolute atomic E-state index is 11.1. The van der Waals surface area contributed by atoms with E-state index in [1.807, 2.05) is 0 Å². The summed E-state index contributed by atoms with van der Waals surface area (Å²) < 4.78 is 2.32. The Morgan fingerprint density at radius 1 is 1.21 bits per heavy atom. The van der Waals surface area contributed by atoms with E-state index in [4.69, 9.17) is 5.73 Å². The van der Waals surface area contributed by atoms with Crippen LogP contribution < -0.4 is 5.73 Å². The minimum Gasteiger partial charge on any atom is -0.351 e. The lowest BCUT2D eigenvalue weighted by Crippen LogP contribution is -2.42. The molecule has 1 aromatic heterocycles. The molecule has 19 heavy (non-hydrogen) atoms. The van der Waals surface area contributed by atoms with E-state index in [-0.39, 0.29) is 6.03 Å². The Labute approximate surface area is 112 Å². The van der Waals surface area contributed by atoms with Crippen molar-refractivity contribution in [2.45, 2.75) is 19.4 Å². The summed E-state index contributed by atoms with van der Waals surface area (Å²) in [7, 11) is 0. The number of rotatable bonds is 2. The molecule has 4 nitrogen and oxygen atoms in total. The number of para-hydroxylation sites is 1. The first-order chi connectivity index (χ1) is 9.24. The maximum Gasteiger partial charge on any atom is 0.314 e. The van der Waals surface area contributed by atoms with E-state index in [1.54, 1.807) is 4.90 Å². The number of likely N-dealkylation sites (tertiary alicyclic amines) is 1. The predicted octanol–water partition coefficient (Wildman–Crippen LogP) is 2.43. The molecule has 1 fully saturated rings. The number of carbonyl (C=O) groups is 1. The molecule has 1 aromatic carbocycles. The molecule has 0 aliphatic carbocycles. The number of hydrogen-bond donors (Lipinski definition) is 1. The van der Waals surface area contributed by atoms with Crippen molar-refractivity contribution in [3.8, 4) is 0 Å².